The Morgan fingerprint density at radius 2 is 2.19 bits per heavy atom. The maximum Gasteiger partial charge on any atom is 0.166 e. The highest BCUT2D eigenvalue weighted by molar-refractivity contribution is 7.80. The lowest BCUT2D eigenvalue weighted by molar-refractivity contribution is 0.300. The number of benzene rings is 1. The summed E-state index contributed by atoms with van der Waals surface area (Å²) in [5.74, 6) is 1.34. The van der Waals surface area contributed by atoms with Gasteiger partial charge in [0.05, 0.1) is 26.9 Å². The molecule has 5 nitrogen and oxygen atoms in total. The standard InChI is InChI=1S/C15H22N2O3S/c1-4-6-12(17-15(21)16-9-10-18)11-7-5-8-13(19-2)14(11)20-3/h4-5,7-8,12,18H,1,6,9-10H2,2-3H3,(H2,16,17,21). The molecule has 0 aromatic heterocycles. The van der Waals surface area contributed by atoms with Crippen LogP contribution in [0.5, 0.6) is 11.5 Å². The molecule has 0 heterocycles. The van der Waals surface area contributed by atoms with E-state index >= 15 is 0 Å². The van der Waals surface area contributed by atoms with Gasteiger partial charge >= 0.3 is 0 Å². The zero-order valence-corrected chi connectivity index (χ0v) is 13.2. The van der Waals surface area contributed by atoms with Crippen molar-refractivity contribution in [1.82, 2.24) is 10.6 Å². The largest absolute Gasteiger partial charge is 0.493 e. The lowest BCUT2D eigenvalue weighted by Crippen LogP contribution is -2.39. The summed E-state index contributed by atoms with van der Waals surface area (Å²) in [7, 11) is 3.21. The molecule has 116 valence electrons. The van der Waals surface area contributed by atoms with Crippen molar-refractivity contribution in [1.29, 1.82) is 0 Å². The first-order valence-electron chi connectivity index (χ1n) is 6.64. The molecule has 0 fully saturated rings. The molecular weight excluding hydrogens is 288 g/mol. The number of rotatable bonds is 8. The maximum atomic E-state index is 8.82. The van der Waals surface area contributed by atoms with Gasteiger partial charge in [-0.05, 0) is 24.7 Å². The van der Waals surface area contributed by atoms with Gasteiger partial charge in [0, 0.05) is 12.1 Å². The highest BCUT2D eigenvalue weighted by Gasteiger charge is 2.18. The Balaban J connectivity index is 2.99. The summed E-state index contributed by atoms with van der Waals surface area (Å²) in [6, 6.07) is 5.61. The van der Waals surface area contributed by atoms with E-state index in [0.29, 0.717) is 29.6 Å². The van der Waals surface area contributed by atoms with Crippen LogP contribution < -0.4 is 20.1 Å². The number of hydrogen-bond donors (Lipinski definition) is 3. The van der Waals surface area contributed by atoms with E-state index in [-0.39, 0.29) is 12.6 Å². The number of aliphatic hydroxyl groups excluding tert-OH is 1. The average Bonchev–Trinajstić information content (AvgIpc) is 2.51. The number of thiocarbonyl (C=S) groups is 1. The third kappa shape index (κ3) is 4.91. The molecule has 0 amide bonds. The van der Waals surface area contributed by atoms with E-state index < -0.39 is 0 Å². The minimum atomic E-state index is -0.0914. The van der Waals surface area contributed by atoms with Crippen LogP contribution in [-0.2, 0) is 0 Å². The summed E-state index contributed by atoms with van der Waals surface area (Å²) in [6.45, 7) is 4.21. The molecule has 6 heteroatoms. The van der Waals surface area contributed by atoms with Gasteiger partial charge in [0.2, 0.25) is 0 Å². The van der Waals surface area contributed by atoms with Gasteiger partial charge in [-0.2, -0.15) is 0 Å². The Labute approximate surface area is 131 Å². The van der Waals surface area contributed by atoms with E-state index in [1.54, 1.807) is 14.2 Å². The number of aliphatic hydroxyl groups is 1. The highest BCUT2D eigenvalue weighted by Crippen LogP contribution is 2.35. The average molecular weight is 310 g/mol. The predicted molar refractivity (Wildman–Crippen MR) is 87.9 cm³/mol. The van der Waals surface area contributed by atoms with Crippen molar-refractivity contribution in [3.05, 3.63) is 36.4 Å². The van der Waals surface area contributed by atoms with Gasteiger partial charge in [-0.25, -0.2) is 0 Å². The third-order valence-electron chi connectivity index (χ3n) is 2.91. The smallest absolute Gasteiger partial charge is 0.166 e. The summed E-state index contributed by atoms with van der Waals surface area (Å²) in [4.78, 5) is 0. The molecule has 0 radical (unpaired) electrons. The topological polar surface area (TPSA) is 62.8 Å². The summed E-state index contributed by atoms with van der Waals surface area (Å²) < 4.78 is 10.8. The molecule has 0 saturated carbocycles. The van der Waals surface area contributed by atoms with Gasteiger partial charge in [-0.3, -0.25) is 0 Å². The zero-order chi connectivity index (χ0) is 15.7. The monoisotopic (exact) mass is 310 g/mol. The zero-order valence-electron chi connectivity index (χ0n) is 12.4. The van der Waals surface area contributed by atoms with Crippen LogP contribution >= 0.6 is 12.2 Å². The highest BCUT2D eigenvalue weighted by atomic mass is 32.1. The van der Waals surface area contributed by atoms with E-state index in [1.165, 1.54) is 0 Å². The number of nitrogens with one attached hydrogen (secondary N) is 2. The summed E-state index contributed by atoms with van der Waals surface area (Å²) in [5.41, 5.74) is 0.935. The fourth-order valence-corrected chi connectivity index (χ4v) is 2.24. The summed E-state index contributed by atoms with van der Waals surface area (Å²) in [6.07, 6.45) is 2.48. The van der Waals surface area contributed by atoms with E-state index in [2.05, 4.69) is 17.2 Å². The van der Waals surface area contributed by atoms with Gasteiger partial charge < -0.3 is 25.2 Å². The number of para-hydroxylation sites is 1. The fourth-order valence-electron chi connectivity index (χ4n) is 2.00. The van der Waals surface area contributed by atoms with Gasteiger partial charge in [-0.15, -0.1) is 6.58 Å². The van der Waals surface area contributed by atoms with Crippen LogP contribution in [-0.4, -0.2) is 37.6 Å². The van der Waals surface area contributed by atoms with Crippen LogP contribution in [0.2, 0.25) is 0 Å². The van der Waals surface area contributed by atoms with E-state index in [4.69, 9.17) is 26.8 Å². The molecule has 0 saturated heterocycles. The Kier molecular flexibility index (Phi) is 7.56. The second kappa shape index (κ2) is 9.20. The van der Waals surface area contributed by atoms with Crippen LogP contribution in [0.4, 0.5) is 0 Å². The lowest BCUT2D eigenvalue weighted by atomic mass is 10.0. The molecule has 1 atom stereocenters. The van der Waals surface area contributed by atoms with E-state index in [0.717, 1.165) is 5.56 Å². The minimum Gasteiger partial charge on any atom is -0.493 e. The first-order valence-corrected chi connectivity index (χ1v) is 7.05. The van der Waals surface area contributed by atoms with E-state index in [9.17, 15) is 0 Å². The Hall–Kier alpha value is -1.79. The molecule has 1 aromatic rings. The molecular formula is C15H22N2O3S. The molecule has 3 N–H and O–H groups in total. The maximum absolute atomic E-state index is 8.82. The summed E-state index contributed by atoms with van der Waals surface area (Å²) >= 11 is 5.21. The molecule has 0 aliphatic carbocycles. The Morgan fingerprint density at radius 1 is 1.43 bits per heavy atom. The van der Waals surface area contributed by atoms with Gasteiger partial charge in [0.1, 0.15) is 0 Å². The Bertz CT molecular complexity index is 480. The second-order valence-electron chi connectivity index (χ2n) is 4.28. The van der Waals surface area contributed by atoms with Crippen molar-refractivity contribution >= 4 is 17.3 Å². The molecule has 0 spiro atoms. The van der Waals surface area contributed by atoms with Gasteiger partial charge in [-0.1, -0.05) is 18.2 Å². The quantitative estimate of drug-likeness (QED) is 0.502. The van der Waals surface area contributed by atoms with Crippen molar-refractivity contribution in [2.24, 2.45) is 0 Å². The minimum absolute atomic E-state index is 0.0242. The normalized spacial score (nSPS) is 11.4. The molecule has 0 bridgehead atoms. The molecule has 21 heavy (non-hydrogen) atoms. The number of ether oxygens (including phenoxy) is 2. The van der Waals surface area contributed by atoms with Crippen LogP contribution in [0, 0.1) is 0 Å². The van der Waals surface area contributed by atoms with Crippen LogP contribution in [0.15, 0.2) is 30.9 Å². The van der Waals surface area contributed by atoms with Crippen molar-refractivity contribution in [3.8, 4) is 11.5 Å². The number of methoxy groups -OCH3 is 2. The fraction of sp³-hybridized carbons (Fsp3) is 0.400. The van der Waals surface area contributed by atoms with Crippen LogP contribution in [0.25, 0.3) is 0 Å². The first kappa shape index (κ1) is 17.3. The number of hydrogen-bond acceptors (Lipinski definition) is 4. The van der Waals surface area contributed by atoms with E-state index in [1.807, 2.05) is 24.3 Å². The second-order valence-corrected chi connectivity index (χ2v) is 4.69. The molecule has 1 rings (SSSR count). The SMILES string of the molecule is C=CCC(NC(=S)NCCO)c1cccc(OC)c1OC. The lowest BCUT2D eigenvalue weighted by Gasteiger charge is -2.23. The summed E-state index contributed by atoms with van der Waals surface area (Å²) in [5, 5.41) is 15.4. The first-order chi connectivity index (χ1) is 10.2. The third-order valence-corrected chi connectivity index (χ3v) is 3.18. The van der Waals surface area contributed by atoms with Gasteiger partial charge in [0.25, 0.3) is 0 Å². The van der Waals surface area contributed by atoms with Crippen LogP contribution in [0.3, 0.4) is 0 Å². The predicted octanol–water partition coefficient (Wildman–Crippen LogP) is 1.78. The van der Waals surface area contributed by atoms with Crippen molar-refractivity contribution in [2.45, 2.75) is 12.5 Å². The molecule has 1 aromatic carbocycles. The Morgan fingerprint density at radius 3 is 2.76 bits per heavy atom. The van der Waals surface area contributed by atoms with Gasteiger partial charge in [0.15, 0.2) is 16.6 Å². The van der Waals surface area contributed by atoms with Crippen molar-refractivity contribution in [3.63, 3.8) is 0 Å². The molecule has 1 unspecified atom stereocenters. The molecule has 0 aliphatic rings. The van der Waals surface area contributed by atoms with Crippen LogP contribution in [0.1, 0.15) is 18.0 Å². The van der Waals surface area contributed by atoms with Crippen molar-refractivity contribution in [2.75, 3.05) is 27.4 Å². The molecule has 0 aliphatic heterocycles. The van der Waals surface area contributed by atoms with Crippen molar-refractivity contribution < 1.29 is 14.6 Å².